The van der Waals surface area contributed by atoms with E-state index in [4.69, 9.17) is 0 Å². The maximum Gasteiger partial charge on any atom is 0.152 e. The molecule has 1 aromatic heterocycles. The van der Waals surface area contributed by atoms with Gasteiger partial charge in [0.05, 0.1) is 29.8 Å². The van der Waals surface area contributed by atoms with Gasteiger partial charge in [-0.2, -0.15) is 5.10 Å². The van der Waals surface area contributed by atoms with E-state index in [-0.39, 0.29) is 24.0 Å². The van der Waals surface area contributed by atoms with Crippen LogP contribution in [0.3, 0.4) is 0 Å². The molecule has 1 N–H and O–H groups in total. The van der Waals surface area contributed by atoms with Gasteiger partial charge in [-0.25, -0.2) is 8.42 Å². The Bertz CT molecular complexity index is 548. The summed E-state index contributed by atoms with van der Waals surface area (Å²) in [5.74, 6) is 0.552. The number of aliphatic hydroxyl groups is 1. The first kappa shape index (κ1) is 13.5. The molecule has 1 fully saturated rings. The number of sulfone groups is 1. The zero-order valence-corrected chi connectivity index (χ0v) is 11.9. The van der Waals surface area contributed by atoms with Crippen molar-refractivity contribution in [2.24, 2.45) is 0 Å². The summed E-state index contributed by atoms with van der Waals surface area (Å²) in [4.78, 5) is 0. The molecule has 1 aliphatic heterocycles. The van der Waals surface area contributed by atoms with Gasteiger partial charge in [-0.1, -0.05) is 13.8 Å². The molecule has 0 aliphatic carbocycles. The highest BCUT2D eigenvalue weighted by atomic mass is 32.2. The minimum Gasteiger partial charge on any atom is -0.392 e. The second-order valence-corrected chi connectivity index (χ2v) is 7.80. The molecule has 0 aromatic carbocycles. The lowest BCUT2D eigenvalue weighted by atomic mass is 9.99. The van der Waals surface area contributed by atoms with E-state index in [0.717, 1.165) is 11.3 Å². The molecule has 1 unspecified atom stereocenters. The Morgan fingerprint density at radius 3 is 2.67 bits per heavy atom. The zero-order valence-electron chi connectivity index (χ0n) is 11.0. The molecular weight excluding hydrogens is 252 g/mol. The van der Waals surface area contributed by atoms with E-state index in [9.17, 15) is 13.5 Å². The summed E-state index contributed by atoms with van der Waals surface area (Å²) in [7, 11) is -2.97. The van der Waals surface area contributed by atoms with E-state index < -0.39 is 15.4 Å². The Balaban J connectivity index is 2.49. The molecule has 5 nitrogen and oxygen atoms in total. The molecule has 1 atom stereocenters. The molecule has 2 heterocycles. The van der Waals surface area contributed by atoms with Crippen LogP contribution < -0.4 is 0 Å². The average molecular weight is 272 g/mol. The molecule has 0 bridgehead atoms. The molecule has 0 spiro atoms. The molecular formula is C12H20N2O3S. The van der Waals surface area contributed by atoms with Crippen molar-refractivity contribution in [1.82, 2.24) is 9.78 Å². The lowest BCUT2D eigenvalue weighted by Gasteiger charge is -2.27. The van der Waals surface area contributed by atoms with Gasteiger partial charge in [0.2, 0.25) is 0 Å². The Morgan fingerprint density at radius 1 is 1.56 bits per heavy atom. The predicted octanol–water partition coefficient (Wildman–Crippen LogP) is 1.03. The fourth-order valence-electron chi connectivity index (χ4n) is 2.72. The quantitative estimate of drug-likeness (QED) is 0.892. The molecule has 0 radical (unpaired) electrons. The molecule has 102 valence electrons. The fourth-order valence-corrected chi connectivity index (χ4v) is 4.83. The largest absolute Gasteiger partial charge is 0.392 e. The van der Waals surface area contributed by atoms with Gasteiger partial charge < -0.3 is 5.11 Å². The van der Waals surface area contributed by atoms with Crippen molar-refractivity contribution in [2.75, 3.05) is 11.5 Å². The minimum absolute atomic E-state index is 0.0592. The standard InChI is InChI=1S/C12H20N2O3S/c1-9(2)11-10(7-15)6-13-14(11)12(3)4-5-18(16,17)8-12/h6,9,15H,4-5,7-8H2,1-3H3. The van der Waals surface area contributed by atoms with Crippen molar-refractivity contribution in [3.8, 4) is 0 Å². The van der Waals surface area contributed by atoms with Gasteiger partial charge in [0.25, 0.3) is 0 Å². The van der Waals surface area contributed by atoms with Crippen LogP contribution in [0.5, 0.6) is 0 Å². The van der Waals surface area contributed by atoms with Gasteiger partial charge >= 0.3 is 0 Å². The summed E-state index contributed by atoms with van der Waals surface area (Å²) in [5, 5.41) is 13.7. The summed E-state index contributed by atoms with van der Waals surface area (Å²) in [6.45, 7) is 5.92. The van der Waals surface area contributed by atoms with Crippen LogP contribution in [0, 0.1) is 0 Å². The number of rotatable bonds is 3. The minimum atomic E-state index is -2.97. The molecule has 18 heavy (non-hydrogen) atoms. The fraction of sp³-hybridized carbons (Fsp3) is 0.750. The Kier molecular flexibility index (Phi) is 3.27. The highest BCUT2D eigenvalue weighted by Crippen LogP contribution is 2.34. The average Bonchev–Trinajstić information content (AvgIpc) is 2.80. The number of aromatic nitrogens is 2. The molecule has 0 amide bonds. The molecule has 1 saturated heterocycles. The predicted molar refractivity (Wildman–Crippen MR) is 69.2 cm³/mol. The number of hydrogen-bond acceptors (Lipinski definition) is 4. The second-order valence-electron chi connectivity index (χ2n) is 5.62. The van der Waals surface area contributed by atoms with Gasteiger partial charge in [-0.05, 0) is 19.3 Å². The normalized spacial score (nSPS) is 26.9. The van der Waals surface area contributed by atoms with Crippen molar-refractivity contribution in [1.29, 1.82) is 0 Å². The van der Waals surface area contributed by atoms with Crippen LogP contribution in [0.1, 0.15) is 44.4 Å². The Morgan fingerprint density at radius 2 is 2.22 bits per heavy atom. The maximum absolute atomic E-state index is 11.7. The van der Waals surface area contributed by atoms with Crippen molar-refractivity contribution in [3.05, 3.63) is 17.5 Å². The van der Waals surface area contributed by atoms with E-state index in [1.807, 2.05) is 25.5 Å². The summed E-state index contributed by atoms with van der Waals surface area (Å²) < 4.78 is 25.2. The highest BCUT2D eigenvalue weighted by Gasteiger charge is 2.42. The summed E-state index contributed by atoms with van der Waals surface area (Å²) in [6.07, 6.45) is 2.23. The molecule has 1 aliphatic rings. The van der Waals surface area contributed by atoms with E-state index in [0.29, 0.717) is 6.42 Å². The van der Waals surface area contributed by atoms with Crippen LogP contribution in [0.4, 0.5) is 0 Å². The first-order valence-corrected chi connectivity index (χ1v) is 8.00. The van der Waals surface area contributed by atoms with Gasteiger partial charge in [-0.3, -0.25) is 4.68 Å². The van der Waals surface area contributed by atoms with Crippen molar-refractivity contribution < 1.29 is 13.5 Å². The monoisotopic (exact) mass is 272 g/mol. The molecule has 1 aromatic rings. The molecule has 2 rings (SSSR count). The van der Waals surface area contributed by atoms with Crippen LogP contribution >= 0.6 is 0 Å². The Hall–Kier alpha value is -0.880. The third-order valence-corrected chi connectivity index (χ3v) is 5.49. The first-order chi connectivity index (χ1) is 8.29. The summed E-state index contributed by atoms with van der Waals surface area (Å²) in [5.41, 5.74) is 1.25. The van der Waals surface area contributed by atoms with Gasteiger partial charge in [0.1, 0.15) is 0 Å². The van der Waals surface area contributed by atoms with Crippen LogP contribution in [0.2, 0.25) is 0 Å². The van der Waals surface area contributed by atoms with Crippen LogP contribution in [-0.2, 0) is 22.0 Å². The topological polar surface area (TPSA) is 72.2 Å². The number of aliphatic hydroxyl groups excluding tert-OH is 1. The summed E-state index contributed by atoms with van der Waals surface area (Å²) in [6, 6.07) is 0. The van der Waals surface area contributed by atoms with E-state index in [1.54, 1.807) is 6.20 Å². The van der Waals surface area contributed by atoms with Gasteiger partial charge in [0, 0.05) is 11.3 Å². The van der Waals surface area contributed by atoms with Crippen molar-refractivity contribution in [3.63, 3.8) is 0 Å². The van der Waals surface area contributed by atoms with Crippen LogP contribution in [0.25, 0.3) is 0 Å². The highest BCUT2D eigenvalue weighted by molar-refractivity contribution is 7.91. The second kappa shape index (κ2) is 4.35. The molecule has 6 heteroatoms. The van der Waals surface area contributed by atoms with Crippen molar-refractivity contribution in [2.45, 2.75) is 45.3 Å². The third-order valence-electron chi connectivity index (χ3n) is 3.60. The van der Waals surface area contributed by atoms with Crippen LogP contribution in [0.15, 0.2) is 6.20 Å². The Labute approximate surface area is 108 Å². The van der Waals surface area contributed by atoms with Crippen molar-refractivity contribution >= 4 is 9.84 Å². The van der Waals surface area contributed by atoms with E-state index in [2.05, 4.69) is 5.10 Å². The first-order valence-electron chi connectivity index (χ1n) is 6.18. The number of nitrogens with zero attached hydrogens (tertiary/aromatic N) is 2. The summed E-state index contributed by atoms with van der Waals surface area (Å²) >= 11 is 0. The van der Waals surface area contributed by atoms with Crippen LogP contribution in [-0.4, -0.2) is 34.8 Å². The number of hydrogen-bond donors (Lipinski definition) is 1. The van der Waals surface area contributed by atoms with Gasteiger partial charge in [-0.15, -0.1) is 0 Å². The lowest BCUT2D eigenvalue weighted by Crippen LogP contribution is -2.34. The maximum atomic E-state index is 11.7. The lowest BCUT2D eigenvalue weighted by molar-refractivity contribution is 0.275. The van der Waals surface area contributed by atoms with E-state index in [1.165, 1.54) is 0 Å². The SMILES string of the molecule is CC(C)c1c(CO)cnn1C1(C)CCS(=O)(=O)C1. The van der Waals surface area contributed by atoms with E-state index >= 15 is 0 Å². The molecule has 0 saturated carbocycles. The van der Waals surface area contributed by atoms with Gasteiger partial charge in [0.15, 0.2) is 9.84 Å². The third kappa shape index (κ3) is 2.19. The zero-order chi connectivity index (χ0) is 13.6. The smallest absolute Gasteiger partial charge is 0.152 e.